The Hall–Kier alpha value is -2.03. The highest BCUT2D eigenvalue weighted by Crippen LogP contribution is 2.38. The Morgan fingerprint density at radius 3 is 1.00 bits per heavy atom. The summed E-state index contributed by atoms with van der Waals surface area (Å²) in [6.07, 6.45) is 86.4. The van der Waals surface area contributed by atoms with E-state index in [-0.39, 0.29) is 32.0 Å². The van der Waals surface area contributed by atoms with Crippen LogP contribution in [-0.4, -0.2) is 70.0 Å². The van der Waals surface area contributed by atoms with Gasteiger partial charge in [0.15, 0.2) is 6.10 Å². The number of ether oxygens (including phenoxy) is 2. The molecule has 0 aliphatic heterocycles. The number of phosphoric ester groups is 1. The Morgan fingerprint density at radius 1 is 0.376 bits per heavy atom. The van der Waals surface area contributed by atoms with Crippen LogP contribution in [0.15, 0.2) is 48.6 Å². The number of esters is 2. The first-order chi connectivity index (χ1) is 41.5. The van der Waals surface area contributed by atoms with Gasteiger partial charge in [-0.3, -0.25) is 14.2 Å². The summed E-state index contributed by atoms with van der Waals surface area (Å²) in [7, 11) is 1.19. The van der Waals surface area contributed by atoms with Crippen molar-refractivity contribution in [2.24, 2.45) is 0 Å². The fraction of sp³-hybridized carbons (Fsp3) is 0.867. The number of carbonyl (C=O) groups excluding carboxylic acids is 2. The fourth-order valence-corrected chi connectivity index (χ4v) is 11.7. The first kappa shape index (κ1) is 83.0. The van der Waals surface area contributed by atoms with Crippen LogP contribution in [-0.2, 0) is 32.7 Å². The summed E-state index contributed by atoms with van der Waals surface area (Å²) in [6.45, 7) is 4.20. The molecule has 0 aromatic rings. The van der Waals surface area contributed by atoms with Crippen LogP contribution in [0.4, 0.5) is 0 Å². The van der Waals surface area contributed by atoms with Crippen molar-refractivity contribution in [2.75, 3.05) is 47.5 Å². The van der Waals surface area contributed by atoms with Crippen molar-refractivity contribution >= 4 is 19.8 Å². The molecule has 0 aromatic carbocycles. The summed E-state index contributed by atoms with van der Waals surface area (Å²) in [4.78, 5) is 38.1. The highest BCUT2D eigenvalue weighted by atomic mass is 31.2. The Bertz CT molecular complexity index is 1570. The molecule has 0 aromatic heterocycles. The van der Waals surface area contributed by atoms with Crippen molar-refractivity contribution in [3.05, 3.63) is 48.6 Å². The van der Waals surface area contributed by atoms with E-state index in [1.54, 1.807) is 0 Å². The van der Waals surface area contributed by atoms with Crippen molar-refractivity contribution in [3.63, 3.8) is 0 Å². The molecule has 0 bridgehead atoms. The first-order valence-electron chi connectivity index (χ1n) is 36.8. The molecular weight excluding hydrogens is 1070 g/mol. The van der Waals surface area contributed by atoms with Gasteiger partial charge in [-0.05, 0) is 51.4 Å². The van der Waals surface area contributed by atoms with E-state index < -0.39 is 26.5 Å². The SMILES string of the molecule is CC/C=C\C/C=C\C/C=C\C/C=C\CCCCCCCCCCCCCCCCCCCCCCCCCCC(=O)OC(COC(=O)CCCCCCCCCCCCCCCCCCCCCCCCCC)COP(=O)([O-])OCC[N+](C)(C)C. The first-order valence-corrected chi connectivity index (χ1v) is 38.3. The number of unbranched alkanes of at least 4 members (excludes halogenated alkanes) is 47. The minimum absolute atomic E-state index is 0.0273. The van der Waals surface area contributed by atoms with Crippen LogP contribution >= 0.6 is 7.82 Å². The van der Waals surface area contributed by atoms with Crippen LogP contribution in [0.5, 0.6) is 0 Å². The zero-order valence-electron chi connectivity index (χ0n) is 57.1. The predicted octanol–water partition coefficient (Wildman–Crippen LogP) is 23.4. The van der Waals surface area contributed by atoms with Crippen LogP contribution < -0.4 is 4.89 Å². The van der Waals surface area contributed by atoms with Crippen LogP contribution in [0.3, 0.4) is 0 Å². The zero-order valence-corrected chi connectivity index (χ0v) is 58.0. The average Bonchev–Trinajstić information content (AvgIpc) is 3.50. The Morgan fingerprint density at radius 2 is 0.671 bits per heavy atom. The highest BCUT2D eigenvalue weighted by Gasteiger charge is 2.22. The number of allylic oxidation sites excluding steroid dienone is 8. The Labute approximate surface area is 528 Å². The van der Waals surface area contributed by atoms with E-state index in [9.17, 15) is 19.0 Å². The van der Waals surface area contributed by atoms with E-state index >= 15 is 0 Å². The number of phosphoric acid groups is 1. The number of carbonyl (C=O) groups is 2. The van der Waals surface area contributed by atoms with Gasteiger partial charge in [0, 0.05) is 12.8 Å². The molecule has 0 spiro atoms. The fourth-order valence-electron chi connectivity index (χ4n) is 11.0. The Kier molecular flexibility index (Phi) is 64.8. The third-order valence-electron chi connectivity index (χ3n) is 16.6. The van der Waals surface area contributed by atoms with Gasteiger partial charge in [-0.25, -0.2) is 0 Å². The lowest BCUT2D eigenvalue weighted by Crippen LogP contribution is -2.37. The summed E-state index contributed by atoms with van der Waals surface area (Å²) in [5, 5.41) is 0. The third-order valence-corrected chi connectivity index (χ3v) is 17.6. The summed E-state index contributed by atoms with van der Waals surface area (Å²) in [5.41, 5.74) is 0. The normalized spacial score (nSPS) is 13.3. The maximum Gasteiger partial charge on any atom is 0.306 e. The molecule has 0 N–H and O–H groups in total. The number of hydrogen-bond acceptors (Lipinski definition) is 8. The maximum atomic E-state index is 12.9. The highest BCUT2D eigenvalue weighted by molar-refractivity contribution is 7.45. The van der Waals surface area contributed by atoms with Gasteiger partial charge in [0.1, 0.15) is 19.8 Å². The summed E-state index contributed by atoms with van der Waals surface area (Å²) in [5.74, 6) is -0.809. The van der Waals surface area contributed by atoms with Gasteiger partial charge in [0.05, 0.1) is 27.7 Å². The van der Waals surface area contributed by atoms with E-state index in [1.165, 1.54) is 276 Å². The maximum absolute atomic E-state index is 12.9. The molecule has 2 atom stereocenters. The number of quaternary nitrogens is 1. The minimum atomic E-state index is -4.64. The monoisotopic (exact) mass is 1220 g/mol. The lowest BCUT2D eigenvalue weighted by molar-refractivity contribution is -0.870. The van der Waals surface area contributed by atoms with Crippen molar-refractivity contribution in [2.45, 2.75) is 373 Å². The number of nitrogens with zero attached hydrogens (tertiary/aromatic N) is 1. The largest absolute Gasteiger partial charge is 0.756 e. The van der Waals surface area contributed by atoms with Gasteiger partial charge in [-0.2, -0.15) is 0 Å². The summed E-state index contributed by atoms with van der Waals surface area (Å²) in [6, 6.07) is 0. The molecule has 0 amide bonds. The van der Waals surface area contributed by atoms with Crippen LogP contribution in [0.25, 0.3) is 0 Å². The van der Waals surface area contributed by atoms with Gasteiger partial charge in [0.25, 0.3) is 7.82 Å². The second-order valence-electron chi connectivity index (χ2n) is 26.3. The van der Waals surface area contributed by atoms with Crippen molar-refractivity contribution in [1.29, 1.82) is 0 Å². The molecule has 9 nitrogen and oxygen atoms in total. The average molecular weight is 1220 g/mol. The zero-order chi connectivity index (χ0) is 61.9. The molecule has 0 saturated carbocycles. The van der Waals surface area contributed by atoms with Gasteiger partial charge < -0.3 is 27.9 Å². The second kappa shape index (κ2) is 66.4. The van der Waals surface area contributed by atoms with Gasteiger partial charge in [-0.1, -0.05) is 351 Å². The standard InChI is InChI=1S/C75H142NO8P/c1-6-8-10-12-14-16-18-20-22-24-26-28-30-32-33-34-35-36-37-38-39-40-41-42-43-44-46-48-50-52-54-56-58-60-62-64-66-68-75(78)84-73(72-83-85(79,80)82-70-69-76(3,4)5)71-81-74(77)67-65-63-61-59-57-55-53-51-49-47-45-31-29-27-25-23-21-19-17-15-13-11-9-7-2/h8,10,14,16,20,22,26,28,73H,6-7,9,11-13,15,17-19,21,23-25,27,29-72H2,1-5H3/b10-8-,16-14-,22-20-,28-26-. The Balaban J connectivity index is 3.93. The summed E-state index contributed by atoms with van der Waals surface area (Å²) < 4.78 is 34.4. The number of likely N-dealkylation sites (N-methyl/N-ethyl adjacent to an activating group) is 1. The van der Waals surface area contributed by atoms with Crippen molar-refractivity contribution in [3.8, 4) is 0 Å². The van der Waals surface area contributed by atoms with E-state index in [0.29, 0.717) is 17.4 Å². The van der Waals surface area contributed by atoms with E-state index in [1.807, 2.05) is 21.1 Å². The molecule has 2 unspecified atom stereocenters. The lowest BCUT2D eigenvalue weighted by atomic mass is 10.0. The van der Waals surface area contributed by atoms with Gasteiger partial charge in [-0.15, -0.1) is 0 Å². The topological polar surface area (TPSA) is 111 Å². The van der Waals surface area contributed by atoms with E-state index in [2.05, 4.69) is 62.5 Å². The minimum Gasteiger partial charge on any atom is -0.756 e. The van der Waals surface area contributed by atoms with Crippen LogP contribution in [0.2, 0.25) is 0 Å². The van der Waals surface area contributed by atoms with Crippen LogP contribution in [0.1, 0.15) is 367 Å². The lowest BCUT2D eigenvalue weighted by Gasteiger charge is -2.28. The summed E-state index contributed by atoms with van der Waals surface area (Å²) >= 11 is 0. The molecule has 85 heavy (non-hydrogen) atoms. The molecule has 0 radical (unpaired) electrons. The number of hydrogen-bond donors (Lipinski definition) is 0. The van der Waals surface area contributed by atoms with Crippen molar-refractivity contribution < 1.29 is 42.1 Å². The van der Waals surface area contributed by atoms with Crippen LogP contribution in [0, 0.1) is 0 Å². The molecule has 0 heterocycles. The smallest absolute Gasteiger partial charge is 0.306 e. The predicted molar refractivity (Wildman–Crippen MR) is 365 cm³/mol. The van der Waals surface area contributed by atoms with Crippen molar-refractivity contribution in [1.82, 2.24) is 0 Å². The quantitative estimate of drug-likeness (QED) is 0.0195. The molecule has 0 rings (SSSR count). The molecule has 0 aliphatic rings. The van der Waals surface area contributed by atoms with E-state index in [4.69, 9.17) is 18.5 Å². The third kappa shape index (κ3) is 70.9. The molecular formula is C75H142NO8P. The molecule has 10 heteroatoms. The second-order valence-corrected chi connectivity index (χ2v) is 27.7. The number of rotatable bonds is 69. The van der Waals surface area contributed by atoms with Gasteiger partial charge in [0.2, 0.25) is 0 Å². The van der Waals surface area contributed by atoms with Gasteiger partial charge >= 0.3 is 11.9 Å². The molecule has 500 valence electrons. The molecule has 0 fully saturated rings. The molecule has 0 aliphatic carbocycles. The van der Waals surface area contributed by atoms with E-state index in [0.717, 1.165) is 57.8 Å². The molecule has 0 saturated heterocycles.